The predicted octanol–water partition coefficient (Wildman–Crippen LogP) is 4.49. The van der Waals surface area contributed by atoms with E-state index in [0.29, 0.717) is 6.54 Å². The summed E-state index contributed by atoms with van der Waals surface area (Å²) >= 11 is 0. The lowest BCUT2D eigenvalue weighted by atomic mass is 9.78. The van der Waals surface area contributed by atoms with E-state index in [-0.39, 0.29) is 6.10 Å². The number of likely N-dealkylation sites (tertiary alicyclic amines) is 1. The Bertz CT molecular complexity index is 1140. The molecule has 0 amide bonds. The van der Waals surface area contributed by atoms with Crippen LogP contribution in [0.1, 0.15) is 30.5 Å². The highest BCUT2D eigenvalue weighted by molar-refractivity contribution is 5.83. The second kappa shape index (κ2) is 7.47. The number of hydrogen-bond acceptors (Lipinski definition) is 4. The maximum absolute atomic E-state index is 14.1. The molecule has 1 aliphatic carbocycles. The molecule has 2 heterocycles. The summed E-state index contributed by atoms with van der Waals surface area (Å²) in [5.41, 5.74) is 4.96. The van der Waals surface area contributed by atoms with Gasteiger partial charge in [-0.25, -0.2) is 4.39 Å². The van der Waals surface area contributed by atoms with Gasteiger partial charge in [-0.05, 0) is 41.7 Å². The average Bonchev–Trinajstić information content (AvgIpc) is 3.43. The largest absolute Gasteiger partial charge is 0.389 e. The van der Waals surface area contributed by atoms with Gasteiger partial charge in [0, 0.05) is 6.54 Å². The smallest absolute Gasteiger partial charge is 0.163 e. The lowest BCUT2D eigenvalue weighted by Crippen LogP contribution is -2.56. The van der Waals surface area contributed by atoms with E-state index in [1.165, 1.54) is 0 Å². The standard InChI is InChI=1S/C28H28FNO3/c1-27(2)32-24-17-30(25(23(31)16-29)26(24)33-27)28(18-10-4-3-5-11-18)21-14-8-6-12-19(21)20-13-7-9-15-22(20)28/h3-15,23-26,31H,16-17H2,1-2H3/t23-,24+,25+,26+/m0/s1. The van der Waals surface area contributed by atoms with Gasteiger partial charge >= 0.3 is 0 Å². The van der Waals surface area contributed by atoms with Crippen LogP contribution in [-0.2, 0) is 15.0 Å². The second-order valence-corrected chi connectivity index (χ2v) is 9.67. The fourth-order valence-corrected chi connectivity index (χ4v) is 6.34. The zero-order chi connectivity index (χ0) is 22.8. The van der Waals surface area contributed by atoms with Gasteiger partial charge < -0.3 is 14.6 Å². The van der Waals surface area contributed by atoms with Gasteiger partial charge in [0.05, 0.1) is 11.6 Å². The second-order valence-electron chi connectivity index (χ2n) is 9.67. The molecule has 2 aliphatic heterocycles. The van der Waals surface area contributed by atoms with E-state index >= 15 is 0 Å². The molecule has 3 aliphatic rings. The third kappa shape index (κ3) is 2.90. The first-order chi connectivity index (χ1) is 16.0. The number of benzene rings is 3. The molecule has 0 aromatic heterocycles. The van der Waals surface area contributed by atoms with Crippen LogP contribution < -0.4 is 0 Å². The maximum atomic E-state index is 14.1. The highest BCUT2D eigenvalue weighted by Gasteiger charge is 2.62. The molecule has 5 heteroatoms. The molecule has 6 rings (SSSR count). The average molecular weight is 446 g/mol. The molecule has 0 unspecified atom stereocenters. The summed E-state index contributed by atoms with van der Waals surface area (Å²) in [6, 6.07) is 26.6. The fourth-order valence-electron chi connectivity index (χ4n) is 6.34. The minimum atomic E-state index is -1.20. The Hall–Kier alpha value is -2.57. The molecule has 0 bridgehead atoms. The van der Waals surface area contributed by atoms with Crippen molar-refractivity contribution >= 4 is 0 Å². The van der Waals surface area contributed by atoms with E-state index < -0.39 is 36.3 Å². The number of alkyl halides is 1. The molecule has 1 N–H and O–H groups in total. The van der Waals surface area contributed by atoms with Crippen LogP contribution >= 0.6 is 0 Å². The molecule has 2 saturated heterocycles. The van der Waals surface area contributed by atoms with Crippen molar-refractivity contribution in [1.82, 2.24) is 4.90 Å². The van der Waals surface area contributed by atoms with Gasteiger partial charge in [-0.2, -0.15) is 0 Å². The number of aliphatic hydroxyl groups excluding tert-OH is 1. The van der Waals surface area contributed by atoms with E-state index in [2.05, 4.69) is 65.6 Å². The SMILES string of the molecule is CC1(C)O[C@H]2[C@@H]([C@@H](O)CF)N(C3(c4ccccc4)c4ccccc4-c4ccccc43)C[C@H]2O1. The normalized spacial score (nSPS) is 27.7. The van der Waals surface area contributed by atoms with Crippen molar-refractivity contribution in [3.05, 3.63) is 95.6 Å². The van der Waals surface area contributed by atoms with Crippen LogP contribution in [0.3, 0.4) is 0 Å². The topological polar surface area (TPSA) is 41.9 Å². The quantitative estimate of drug-likeness (QED) is 0.643. The molecule has 33 heavy (non-hydrogen) atoms. The van der Waals surface area contributed by atoms with Gasteiger partial charge in [-0.1, -0.05) is 78.9 Å². The van der Waals surface area contributed by atoms with Crippen molar-refractivity contribution in [3.8, 4) is 11.1 Å². The van der Waals surface area contributed by atoms with Gasteiger partial charge in [-0.3, -0.25) is 4.90 Å². The molecule has 4 nitrogen and oxygen atoms in total. The Morgan fingerprint density at radius 1 is 0.909 bits per heavy atom. The highest BCUT2D eigenvalue weighted by Crippen LogP contribution is 2.57. The molecule has 0 radical (unpaired) electrons. The van der Waals surface area contributed by atoms with Crippen molar-refractivity contribution in [3.63, 3.8) is 0 Å². The molecule has 3 aromatic rings. The monoisotopic (exact) mass is 445 g/mol. The molecule has 170 valence electrons. The Balaban J connectivity index is 1.63. The zero-order valence-corrected chi connectivity index (χ0v) is 18.8. The van der Waals surface area contributed by atoms with E-state index in [1.54, 1.807) is 0 Å². The first-order valence-electron chi connectivity index (χ1n) is 11.6. The first kappa shape index (κ1) is 21.0. The van der Waals surface area contributed by atoms with Crippen LogP contribution in [-0.4, -0.2) is 53.4 Å². The van der Waals surface area contributed by atoms with E-state index in [9.17, 15) is 9.50 Å². The third-order valence-corrected chi connectivity index (χ3v) is 7.39. The summed E-state index contributed by atoms with van der Waals surface area (Å²) in [6.07, 6.45) is -1.88. The van der Waals surface area contributed by atoms with Crippen molar-refractivity contribution in [2.75, 3.05) is 13.2 Å². The number of aliphatic hydroxyl groups is 1. The molecule has 0 saturated carbocycles. The fraction of sp³-hybridized carbons (Fsp3) is 0.357. The number of rotatable bonds is 4. The number of fused-ring (bicyclic) bond motifs is 4. The van der Waals surface area contributed by atoms with E-state index in [0.717, 1.165) is 27.8 Å². The Morgan fingerprint density at radius 3 is 2.09 bits per heavy atom. The van der Waals surface area contributed by atoms with Crippen LogP contribution in [0.15, 0.2) is 78.9 Å². The summed E-state index contributed by atoms with van der Waals surface area (Å²) < 4.78 is 26.6. The maximum Gasteiger partial charge on any atom is 0.163 e. The van der Waals surface area contributed by atoms with E-state index in [4.69, 9.17) is 9.47 Å². The summed E-state index contributed by atoms with van der Waals surface area (Å²) in [7, 11) is 0. The molecule has 4 atom stereocenters. The minimum Gasteiger partial charge on any atom is -0.389 e. The van der Waals surface area contributed by atoms with Crippen molar-refractivity contribution in [2.45, 2.75) is 49.5 Å². The van der Waals surface area contributed by atoms with Gasteiger partial charge in [0.2, 0.25) is 0 Å². The van der Waals surface area contributed by atoms with Crippen LogP contribution in [0.25, 0.3) is 11.1 Å². The molecule has 2 fully saturated rings. The van der Waals surface area contributed by atoms with Crippen molar-refractivity contribution in [2.24, 2.45) is 0 Å². The number of nitrogens with zero attached hydrogens (tertiary/aromatic N) is 1. The Morgan fingerprint density at radius 2 is 1.48 bits per heavy atom. The van der Waals surface area contributed by atoms with E-state index in [1.807, 2.05) is 32.0 Å². The van der Waals surface area contributed by atoms with Crippen LogP contribution in [0.4, 0.5) is 4.39 Å². The lowest BCUT2D eigenvalue weighted by molar-refractivity contribution is -0.172. The molecule has 3 aromatic carbocycles. The summed E-state index contributed by atoms with van der Waals surface area (Å²) in [4.78, 5) is 2.24. The Labute approximate surface area is 193 Å². The van der Waals surface area contributed by atoms with Gasteiger partial charge in [0.25, 0.3) is 0 Å². The van der Waals surface area contributed by atoms with Gasteiger partial charge in [-0.15, -0.1) is 0 Å². The molecular formula is C28H28FNO3. The summed E-state index contributed by atoms with van der Waals surface area (Å²) in [5.74, 6) is -0.763. The van der Waals surface area contributed by atoms with Gasteiger partial charge in [0.1, 0.15) is 25.0 Å². The van der Waals surface area contributed by atoms with Crippen molar-refractivity contribution < 1.29 is 19.0 Å². The number of ether oxygens (including phenoxy) is 2. The Kier molecular flexibility index (Phi) is 4.75. The molecule has 0 spiro atoms. The third-order valence-electron chi connectivity index (χ3n) is 7.39. The first-order valence-corrected chi connectivity index (χ1v) is 11.6. The lowest BCUT2D eigenvalue weighted by Gasteiger charge is -2.46. The van der Waals surface area contributed by atoms with Crippen LogP contribution in [0, 0.1) is 0 Å². The molecular weight excluding hydrogens is 417 g/mol. The highest BCUT2D eigenvalue weighted by atomic mass is 19.1. The summed E-state index contributed by atoms with van der Waals surface area (Å²) in [6.45, 7) is 3.43. The number of hydrogen-bond donors (Lipinski definition) is 1. The van der Waals surface area contributed by atoms with Gasteiger partial charge in [0.15, 0.2) is 5.79 Å². The van der Waals surface area contributed by atoms with Crippen LogP contribution in [0.5, 0.6) is 0 Å². The predicted molar refractivity (Wildman–Crippen MR) is 125 cm³/mol. The number of halogens is 1. The van der Waals surface area contributed by atoms with Crippen LogP contribution in [0.2, 0.25) is 0 Å². The summed E-state index contributed by atoms with van der Waals surface area (Å²) in [5, 5.41) is 11.0. The van der Waals surface area contributed by atoms with Crippen molar-refractivity contribution in [1.29, 1.82) is 0 Å². The zero-order valence-electron chi connectivity index (χ0n) is 18.8. The minimum absolute atomic E-state index is 0.258.